The van der Waals surface area contributed by atoms with E-state index in [1.54, 1.807) is 13.2 Å². The summed E-state index contributed by atoms with van der Waals surface area (Å²) >= 11 is 1.50. The Kier molecular flexibility index (Phi) is 5.43. The third kappa shape index (κ3) is 3.80. The van der Waals surface area contributed by atoms with Gasteiger partial charge in [-0.2, -0.15) is 4.99 Å². The zero-order chi connectivity index (χ0) is 20.5. The second-order valence-corrected chi connectivity index (χ2v) is 8.20. The van der Waals surface area contributed by atoms with Crippen LogP contribution in [0.3, 0.4) is 0 Å². The largest absolute Gasteiger partial charge is 0.482 e. The van der Waals surface area contributed by atoms with Gasteiger partial charge in [0.25, 0.3) is 5.91 Å². The Balaban J connectivity index is 1.74. The summed E-state index contributed by atoms with van der Waals surface area (Å²) in [6, 6.07) is 11.6. The third-order valence-electron chi connectivity index (χ3n) is 5.11. The normalized spacial score (nSPS) is 19.0. The molecule has 0 N–H and O–H groups in total. The van der Waals surface area contributed by atoms with Crippen LogP contribution in [0, 0.1) is 13.8 Å². The number of carbonyl (C=O) groups is 1. The fraction of sp³-hybridized carbons (Fsp3) is 0.364. The van der Waals surface area contributed by atoms with Gasteiger partial charge in [0.2, 0.25) is 6.10 Å². The van der Waals surface area contributed by atoms with Crippen molar-refractivity contribution in [3.8, 4) is 11.5 Å². The molecule has 152 valence electrons. The van der Waals surface area contributed by atoms with Crippen molar-refractivity contribution in [2.75, 3.05) is 13.7 Å². The lowest BCUT2D eigenvalue weighted by Crippen LogP contribution is -2.43. The van der Waals surface area contributed by atoms with Crippen molar-refractivity contribution >= 4 is 27.5 Å². The first-order chi connectivity index (χ1) is 14.0. The van der Waals surface area contributed by atoms with E-state index in [9.17, 15) is 4.79 Å². The van der Waals surface area contributed by atoms with Crippen molar-refractivity contribution in [1.29, 1.82) is 0 Å². The Morgan fingerprint density at radius 2 is 1.86 bits per heavy atom. The molecule has 0 radical (unpaired) electrons. The molecule has 6 nitrogen and oxygen atoms in total. The average molecular weight is 413 g/mol. The predicted molar refractivity (Wildman–Crippen MR) is 113 cm³/mol. The first kappa shape index (κ1) is 19.7. The molecule has 7 heteroatoms. The predicted octanol–water partition coefficient (Wildman–Crippen LogP) is 3.62. The van der Waals surface area contributed by atoms with Gasteiger partial charge in [0.15, 0.2) is 16.3 Å². The number of benzene rings is 2. The van der Waals surface area contributed by atoms with E-state index in [4.69, 9.17) is 14.2 Å². The number of ether oxygens (including phenoxy) is 3. The topological polar surface area (TPSA) is 62.1 Å². The van der Waals surface area contributed by atoms with Crippen LogP contribution in [0.25, 0.3) is 10.2 Å². The maximum Gasteiger partial charge on any atom is 0.293 e. The second-order valence-electron chi connectivity index (χ2n) is 7.19. The minimum Gasteiger partial charge on any atom is -0.482 e. The Hall–Kier alpha value is -2.64. The first-order valence-electron chi connectivity index (χ1n) is 9.58. The molecule has 0 saturated heterocycles. The van der Waals surface area contributed by atoms with Gasteiger partial charge in [0.1, 0.15) is 6.10 Å². The summed E-state index contributed by atoms with van der Waals surface area (Å²) in [7, 11) is 1.67. The molecule has 1 aromatic heterocycles. The minimum atomic E-state index is -0.783. The van der Waals surface area contributed by atoms with E-state index in [1.165, 1.54) is 22.5 Å². The Morgan fingerprint density at radius 3 is 2.59 bits per heavy atom. The van der Waals surface area contributed by atoms with Crippen molar-refractivity contribution in [2.24, 2.45) is 4.99 Å². The molecule has 0 saturated carbocycles. The van der Waals surface area contributed by atoms with Gasteiger partial charge in [0.05, 0.1) is 16.8 Å². The molecule has 4 rings (SSSR count). The standard InChI is InChI=1S/C22H24N2O4S/c1-13-11-16-19(12-14(13)2)29-22(24(16)9-10-26-4)23-21(25)20-15(3)27-17-7-5-6-8-18(17)28-20/h5-8,11-12,15,20H,9-10H2,1-4H3. The van der Waals surface area contributed by atoms with E-state index in [2.05, 4.69) is 31.0 Å². The number of hydrogen-bond acceptors (Lipinski definition) is 5. The molecule has 2 aromatic carbocycles. The molecule has 2 atom stereocenters. The minimum absolute atomic E-state index is 0.349. The summed E-state index contributed by atoms with van der Waals surface area (Å²) < 4.78 is 20.2. The number of aryl methyl sites for hydroxylation is 2. The van der Waals surface area contributed by atoms with Gasteiger partial charge in [-0.15, -0.1) is 0 Å². The first-order valence-corrected chi connectivity index (χ1v) is 10.4. The van der Waals surface area contributed by atoms with Crippen LogP contribution in [0.1, 0.15) is 18.1 Å². The molecule has 0 spiro atoms. The highest BCUT2D eigenvalue weighted by atomic mass is 32.1. The number of hydrogen-bond donors (Lipinski definition) is 0. The zero-order valence-corrected chi connectivity index (χ0v) is 17.8. The summed E-state index contributed by atoms with van der Waals surface area (Å²) in [5.74, 6) is 0.860. The van der Waals surface area contributed by atoms with Crippen LogP contribution in [-0.4, -0.2) is 36.4 Å². The highest BCUT2D eigenvalue weighted by molar-refractivity contribution is 7.16. The summed E-state index contributed by atoms with van der Waals surface area (Å²) in [6.07, 6.45) is -1.21. The molecule has 0 fully saturated rings. The van der Waals surface area contributed by atoms with Gasteiger partial charge >= 0.3 is 0 Å². The summed E-state index contributed by atoms with van der Waals surface area (Å²) in [6.45, 7) is 7.15. The van der Waals surface area contributed by atoms with Crippen molar-refractivity contribution in [3.63, 3.8) is 0 Å². The van der Waals surface area contributed by atoms with Crippen LogP contribution >= 0.6 is 11.3 Å². The van der Waals surface area contributed by atoms with E-state index >= 15 is 0 Å². The fourth-order valence-corrected chi connectivity index (χ4v) is 4.50. The van der Waals surface area contributed by atoms with Crippen LogP contribution in [0.5, 0.6) is 11.5 Å². The smallest absolute Gasteiger partial charge is 0.293 e. The van der Waals surface area contributed by atoms with E-state index in [1.807, 2.05) is 29.7 Å². The SMILES string of the molecule is COCCn1c(=NC(=O)C2Oc3ccccc3OC2C)sc2cc(C)c(C)cc21. The summed E-state index contributed by atoms with van der Waals surface area (Å²) in [5.41, 5.74) is 3.47. The van der Waals surface area contributed by atoms with Crippen molar-refractivity contribution in [3.05, 3.63) is 52.3 Å². The van der Waals surface area contributed by atoms with E-state index in [0.717, 1.165) is 10.2 Å². The van der Waals surface area contributed by atoms with Crippen LogP contribution in [0.15, 0.2) is 41.4 Å². The van der Waals surface area contributed by atoms with Gasteiger partial charge < -0.3 is 18.8 Å². The lowest BCUT2D eigenvalue weighted by Gasteiger charge is -2.29. The molecule has 1 aliphatic heterocycles. The van der Waals surface area contributed by atoms with Gasteiger partial charge in [0, 0.05) is 13.7 Å². The van der Waals surface area contributed by atoms with Crippen LogP contribution < -0.4 is 14.3 Å². The molecular weight excluding hydrogens is 388 g/mol. The number of fused-ring (bicyclic) bond motifs is 2. The monoisotopic (exact) mass is 412 g/mol. The highest BCUT2D eigenvalue weighted by Gasteiger charge is 2.34. The number of carbonyl (C=O) groups excluding carboxylic acids is 1. The number of aromatic nitrogens is 1. The third-order valence-corrected chi connectivity index (χ3v) is 6.15. The Labute approximate surface area is 173 Å². The van der Waals surface area contributed by atoms with E-state index < -0.39 is 12.2 Å². The van der Waals surface area contributed by atoms with Crippen molar-refractivity contribution in [1.82, 2.24) is 4.57 Å². The number of thiazole rings is 1. The average Bonchev–Trinajstić information content (AvgIpc) is 3.01. The summed E-state index contributed by atoms with van der Waals surface area (Å²) in [5, 5.41) is 0. The van der Waals surface area contributed by atoms with Crippen LogP contribution in [0.4, 0.5) is 0 Å². The molecule has 2 heterocycles. The number of nitrogens with zero attached hydrogens (tertiary/aromatic N) is 2. The van der Waals surface area contributed by atoms with Crippen molar-refractivity contribution in [2.45, 2.75) is 39.5 Å². The lowest BCUT2D eigenvalue weighted by atomic mass is 10.1. The zero-order valence-electron chi connectivity index (χ0n) is 17.0. The summed E-state index contributed by atoms with van der Waals surface area (Å²) in [4.78, 5) is 18.1. The van der Waals surface area contributed by atoms with Crippen LogP contribution in [0.2, 0.25) is 0 Å². The van der Waals surface area contributed by atoms with Crippen LogP contribution in [-0.2, 0) is 16.1 Å². The Bertz CT molecular complexity index is 1130. The Morgan fingerprint density at radius 1 is 1.17 bits per heavy atom. The van der Waals surface area contributed by atoms with Gasteiger partial charge in [-0.25, -0.2) is 0 Å². The number of methoxy groups -OCH3 is 1. The number of rotatable bonds is 4. The van der Waals surface area contributed by atoms with Gasteiger partial charge in [-0.3, -0.25) is 4.79 Å². The van der Waals surface area contributed by atoms with Gasteiger partial charge in [-0.1, -0.05) is 23.5 Å². The number of amides is 1. The van der Waals surface area contributed by atoms with Crippen molar-refractivity contribution < 1.29 is 19.0 Å². The quantitative estimate of drug-likeness (QED) is 0.657. The number of para-hydroxylation sites is 2. The molecule has 1 amide bonds. The molecule has 29 heavy (non-hydrogen) atoms. The molecular formula is C22H24N2O4S. The maximum atomic E-state index is 13.0. The second kappa shape index (κ2) is 8.00. The van der Waals surface area contributed by atoms with Gasteiger partial charge in [-0.05, 0) is 56.2 Å². The molecule has 0 aliphatic carbocycles. The lowest BCUT2D eigenvalue weighted by molar-refractivity contribution is -0.130. The van der Waals surface area contributed by atoms with E-state index in [0.29, 0.717) is 29.5 Å². The fourth-order valence-electron chi connectivity index (χ4n) is 3.35. The molecule has 3 aromatic rings. The molecule has 2 unspecified atom stereocenters. The highest BCUT2D eigenvalue weighted by Crippen LogP contribution is 2.33. The maximum absolute atomic E-state index is 13.0. The van der Waals surface area contributed by atoms with E-state index in [-0.39, 0.29) is 5.91 Å². The molecule has 1 aliphatic rings. The molecule has 0 bridgehead atoms.